The number of thiophene rings is 1. The summed E-state index contributed by atoms with van der Waals surface area (Å²) in [5.41, 5.74) is 3.97. The Hall–Kier alpha value is -3.47. The van der Waals surface area contributed by atoms with Crippen LogP contribution in [0.1, 0.15) is 36.1 Å². The first kappa shape index (κ1) is 26.6. The van der Waals surface area contributed by atoms with E-state index in [4.69, 9.17) is 9.94 Å². The average Bonchev–Trinajstić information content (AvgIpc) is 3.40. The van der Waals surface area contributed by atoms with E-state index in [1.165, 1.54) is 17.4 Å². The normalized spacial score (nSPS) is 18.9. The number of nitrogens with one attached hydrogen (secondary N) is 2. The summed E-state index contributed by atoms with van der Waals surface area (Å²) in [5.74, 6) is -0.250. The lowest BCUT2D eigenvalue weighted by atomic mass is 9.94. The van der Waals surface area contributed by atoms with Crippen LogP contribution >= 0.6 is 11.3 Å². The van der Waals surface area contributed by atoms with Gasteiger partial charge in [-0.2, -0.15) is 0 Å². The van der Waals surface area contributed by atoms with Crippen LogP contribution in [0, 0.1) is 0 Å². The van der Waals surface area contributed by atoms with Crippen LogP contribution in [0.3, 0.4) is 0 Å². The van der Waals surface area contributed by atoms with E-state index < -0.39 is 20.5 Å². The monoisotopic (exact) mass is 540 g/mol. The standard InChI is InChI=1S/C27H28N2O6S2/c1-35-22-11-9-21(10-12-22)28-25(30)15-6-19-4-7-20(8-5-19)23-13-14-24(36-23)27(18-26(31)29-32)16-2-3-17-37(27,33)34/h4-15,32H,2-3,16-18H2,1H3,(H,28,30)(H,29,31)/t27-/m0/s1. The molecule has 10 heteroatoms. The molecule has 0 saturated carbocycles. The zero-order valence-electron chi connectivity index (χ0n) is 20.3. The average molecular weight is 541 g/mol. The number of ether oxygens (including phenoxy) is 1. The zero-order chi connectivity index (χ0) is 26.5. The maximum absolute atomic E-state index is 13.1. The Morgan fingerprint density at radius 2 is 1.78 bits per heavy atom. The first-order chi connectivity index (χ1) is 17.8. The maximum Gasteiger partial charge on any atom is 0.248 e. The molecule has 1 aliphatic heterocycles. The lowest BCUT2D eigenvalue weighted by Gasteiger charge is -2.35. The summed E-state index contributed by atoms with van der Waals surface area (Å²) in [4.78, 5) is 25.7. The minimum Gasteiger partial charge on any atom is -0.497 e. The highest BCUT2D eigenvalue weighted by molar-refractivity contribution is 7.92. The summed E-state index contributed by atoms with van der Waals surface area (Å²) in [6.07, 6.45) is 4.44. The molecule has 194 valence electrons. The SMILES string of the molecule is COc1ccc(NC(=O)C=Cc2ccc(-c3ccc([C@@]4(CC(=O)NO)CCCCS4(=O)=O)s3)cc2)cc1. The quantitative estimate of drug-likeness (QED) is 0.215. The molecule has 0 radical (unpaired) electrons. The third kappa shape index (κ3) is 5.93. The lowest BCUT2D eigenvalue weighted by molar-refractivity contribution is -0.130. The molecule has 1 atom stereocenters. The van der Waals surface area contributed by atoms with Gasteiger partial charge in [0, 0.05) is 21.5 Å². The molecule has 37 heavy (non-hydrogen) atoms. The van der Waals surface area contributed by atoms with Crippen molar-refractivity contribution >= 4 is 44.8 Å². The fourth-order valence-corrected chi connectivity index (χ4v) is 8.23. The van der Waals surface area contributed by atoms with E-state index in [1.54, 1.807) is 49.0 Å². The Bertz CT molecular complexity index is 1400. The summed E-state index contributed by atoms with van der Waals surface area (Å²) < 4.78 is 30.0. The van der Waals surface area contributed by atoms with Crippen LogP contribution < -0.4 is 15.5 Å². The highest BCUT2D eigenvalue weighted by Crippen LogP contribution is 2.47. The first-order valence-electron chi connectivity index (χ1n) is 11.8. The van der Waals surface area contributed by atoms with Gasteiger partial charge in [0.1, 0.15) is 10.5 Å². The summed E-state index contributed by atoms with van der Waals surface area (Å²) in [6, 6.07) is 18.2. The van der Waals surface area contributed by atoms with Crippen LogP contribution in [0.4, 0.5) is 5.69 Å². The second kappa shape index (κ2) is 11.3. The van der Waals surface area contributed by atoms with Crippen LogP contribution in [0.2, 0.25) is 0 Å². The van der Waals surface area contributed by atoms with Crippen molar-refractivity contribution < 1.29 is 28.0 Å². The highest BCUT2D eigenvalue weighted by atomic mass is 32.2. The van der Waals surface area contributed by atoms with Gasteiger partial charge in [0.05, 0.1) is 19.3 Å². The Labute approximate surface area is 219 Å². The van der Waals surface area contributed by atoms with Crippen LogP contribution in [-0.4, -0.2) is 38.3 Å². The minimum atomic E-state index is -3.58. The number of amides is 2. The number of rotatable bonds is 8. The van der Waals surface area contributed by atoms with Crippen molar-refractivity contribution in [3.05, 3.63) is 77.2 Å². The van der Waals surface area contributed by atoms with Crippen molar-refractivity contribution in [3.63, 3.8) is 0 Å². The number of carbonyl (C=O) groups is 2. The Morgan fingerprint density at radius 1 is 1.05 bits per heavy atom. The third-order valence-corrected chi connectivity index (χ3v) is 10.5. The third-order valence-electron chi connectivity index (χ3n) is 6.44. The number of benzene rings is 2. The number of anilines is 1. The summed E-state index contributed by atoms with van der Waals surface area (Å²) in [6.45, 7) is 0. The van der Waals surface area contributed by atoms with Gasteiger partial charge in [0.15, 0.2) is 9.84 Å². The van der Waals surface area contributed by atoms with Crippen LogP contribution in [0.5, 0.6) is 5.75 Å². The van der Waals surface area contributed by atoms with Crippen molar-refractivity contribution in [3.8, 4) is 16.2 Å². The topological polar surface area (TPSA) is 122 Å². The number of sulfone groups is 1. The molecule has 1 saturated heterocycles. The van der Waals surface area contributed by atoms with Crippen molar-refractivity contribution in [2.75, 3.05) is 18.2 Å². The van der Waals surface area contributed by atoms with Gasteiger partial charge in [-0.05, 0) is 66.4 Å². The Balaban J connectivity index is 1.48. The maximum atomic E-state index is 13.1. The van der Waals surface area contributed by atoms with Gasteiger partial charge in [0.2, 0.25) is 11.8 Å². The predicted molar refractivity (Wildman–Crippen MR) is 144 cm³/mol. The fourth-order valence-electron chi connectivity index (χ4n) is 4.44. The number of carbonyl (C=O) groups excluding carboxylic acids is 2. The molecule has 2 amide bonds. The Morgan fingerprint density at radius 3 is 2.43 bits per heavy atom. The summed E-state index contributed by atoms with van der Waals surface area (Å²) in [5, 5.41) is 11.8. The van der Waals surface area contributed by atoms with Crippen molar-refractivity contribution in [1.29, 1.82) is 0 Å². The molecule has 2 aromatic carbocycles. The van der Waals surface area contributed by atoms with Gasteiger partial charge in [-0.1, -0.05) is 30.7 Å². The van der Waals surface area contributed by atoms with Gasteiger partial charge in [-0.15, -0.1) is 11.3 Å². The van der Waals surface area contributed by atoms with E-state index in [0.29, 0.717) is 35.6 Å². The highest BCUT2D eigenvalue weighted by Gasteiger charge is 2.49. The largest absolute Gasteiger partial charge is 0.497 e. The molecule has 3 N–H and O–H groups in total. The number of methoxy groups -OCH3 is 1. The first-order valence-corrected chi connectivity index (χ1v) is 14.2. The fraction of sp³-hybridized carbons (Fsp3) is 0.259. The molecule has 0 bridgehead atoms. The van der Waals surface area contributed by atoms with Gasteiger partial charge < -0.3 is 10.1 Å². The number of hydrogen-bond acceptors (Lipinski definition) is 7. The molecule has 8 nitrogen and oxygen atoms in total. The van der Waals surface area contributed by atoms with Crippen molar-refractivity contribution in [1.82, 2.24) is 5.48 Å². The molecule has 0 aliphatic carbocycles. The molecule has 3 aromatic rings. The Kier molecular flexibility index (Phi) is 8.11. The van der Waals surface area contributed by atoms with Gasteiger partial charge >= 0.3 is 0 Å². The van der Waals surface area contributed by atoms with Crippen molar-refractivity contribution in [2.24, 2.45) is 0 Å². The van der Waals surface area contributed by atoms with E-state index >= 15 is 0 Å². The zero-order valence-corrected chi connectivity index (χ0v) is 21.9. The van der Waals surface area contributed by atoms with E-state index in [2.05, 4.69) is 5.32 Å². The van der Waals surface area contributed by atoms with Gasteiger partial charge in [-0.3, -0.25) is 14.8 Å². The lowest BCUT2D eigenvalue weighted by Crippen LogP contribution is -2.43. The molecule has 4 rings (SSSR count). The van der Waals surface area contributed by atoms with Crippen LogP contribution in [0.15, 0.2) is 66.7 Å². The molecule has 1 fully saturated rings. The number of hydroxylamine groups is 1. The van der Waals surface area contributed by atoms with Crippen molar-refractivity contribution in [2.45, 2.75) is 30.4 Å². The summed E-state index contributed by atoms with van der Waals surface area (Å²) >= 11 is 1.34. The van der Waals surface area contributed by atoms with E-state index in [-0.39, 0.29) is 18.1 Å². The molecule has 1 aromatic heterocycles. The molecular weight excluding hydrogens is 512 g/mol. The molecule has 0 unspecified atom stereocenters. The second-order valence-corrected chi connectivity index (χ2v) is 12.3. The molecular formula is C27H28N2O6S2. The van der Waals surface area contributed by atoms with Crippen LogP contribution in [-0.2, 0) is 24.2 Å². The molecule has 1 aliphatic rings. The van der Waals surface area contributed by atoms with E-state index in [9.17, 15) is 18.0 Å². The molecule has 0 spiro atoms. The van der Waals surface area contributed by atoms with E-state index in [0.717, 1.165) is 16.0 Å². The second-order valence-electron chi connectivity index (χ2n) is 8.82. The molecule has 2 heterocycles. The van der Waals surface area contributed by atoms with Gasteiger partial charge in [-0.25, -0.2) is 13.9 Å². The predicted octanol–water partition coefficient (Wildman–Crippen LogP) is 4.77. The van der Waals surface area contributed by atoms with E-state index in [1.807, 2.05) is 30.3 Å². The smallest absolute Gasteiger partial charge is 0.248 e. The van der Waals surface area contributed by atoms with Gasteiger partial charge in [0.25, 0.3) is 0 Å². The summed E-state index contributed by atoms with van der Waals surface area (Å²) in [7, 11) is -2.00. The number of hydrogen-bond donors (Lipinski definition) is 3. The minimum absolute atomic E-state index is 0.0199. The van der Waals surface area contributed by atoms with Crippen LogP contribution in [0.25, 0.3) is 16.5 Å².